The Hall–Kier alpha value is -3.42. The molecular weight excluding hydrogens is 436 g/mol. The Bertz CT molecular complexity index is 1090. The lowest BCUT2D eigenvalue weighted by Crippen LogP contribution is -2.49. The van der Waals surface area contributed by atoms with Gasteiger partial charge in [-0.3, -0.25) is 14.6 Å². The average molecular weight is 469 g/mol. The second-order valence-electron chi connectivity index (χ2n) is 9.39. The number of esters is 1. The van der Waals surface area contributed by atoms with E-state index in [-0.39, 0.29) is 17.6 Å². The summed E-state index contributed by atoms with van der Waals surface area (Å²) in [6.07, 6.45) is 3.24. The van der Waals surface area contributed by atoms with E-state index >= 15 is 0 Å². The summed E-state index contributed by atoms with van der Waals surface area (Å²) < 4.78 is 15.9. The van der Waals surface area contributed by atoms with Crippen LogP contribution in [0.2, 0.25) is 0 Å². The maximum Gasteiger partial charge on any atom is 0.410 e. The summed E-state index contributed by atoms with van der Waals surface area (Å²) in [6.45, 7) is 9.99. The second kappa shape index (κ2) is 10.2. The van der Waals surface area contributed by atoms with Crippen LogP contribution in [0, 0.1) is 17.8 Å². The number of rotatable bonds is 6. The van der Waals surface area contributed by atoms with Crippen molar-refractivity contribution in [2.24, 2.45) is 17.8 Å². The van der Waals surface area contributed by atoms with E-state index in [1.807, 2.05) is 20.8 Å². The largest absolute Gasteiger partial charge is 0.497 e. The molecule has 3 rings (SSSR count). The Balaban J connectivity index is 1.94. The van der Waals surface area contributed by atoms with Gasteiger partial charge in [0.25, 0.3) is 0 Å². The van der Waals surface area contributed by atoms with Crippen LogP contribution in [0.25, 0.3) is 10.9 Å². The second-order valence-corrected chi connectivity index (χ2v) is 9.39. The van der Waals surface area contributed by atoms with E-state index in [0.29, 0.717) is 41.7 Å². The van der Waals surface area contributed by atoms with Crippen LogP contribution in [0.3, 0.4) is 0 Å². The van der Waals surface area contributed by atoms with E-state index in [9.17, 15) is 14.4 Å². The summed E-state index contributed by atoms with van der Waals surface area (Å²) >= 11 is 0. The Kier molecular flexibility index (Phi) is 7.59. The Morgan fingerprint density at radius 3 is 2.56 bits per heavy atom. The van der Waals surface area contributed by atoms with Gasteiger partial charge >= 0.3 is 12.1 Å². The molecule has 34 heavy (non-hydrogen) atoms. The standard InChI is InChI=1S/C26H32N2O6/c1-7-16-15-28(25(31)34-26(2,3)4)13-11-18(16)22(24(30)33-6)23(29)19-10-12-27-21-9-8-17(32-5)14-20(19)21/h7-10,12,14,16,18,22H,1,11,13,15H2,2-6H3/t16-,18+,22?/m0/s1. The molecule has 0 spiro atoms. The number of benzene rings is 1. The topological polar surface area (TPSA) is 95.0 Å². The number of pyridine rings is 1. The number of hydrogen-bond donors (Lipinski definition) is 0. The highest BCUT2D eigenvalue weighted by atomic mass is 16.6. The van der Waals surface area contributed by atoms with Crippen LogP contribution in [-0.4, -0.2) is 60.6 Å². The maximum absolute atomic E-state index is 13.8. The predicted molar refractivity (Wildman–Crippen MR) is 128 cm³/mol. The first kappa shape index (κ1) is 25.2. The van der Waals surface area contributed by atoms with Gasteiger partial charge in [0.15, 0.2) is 5.78 Å². The normalized spacial score (nSPS) is 19.3. The number of piperidine rings is 1. The number of nitrogens with zero attached hydrogens (tertiary/aromatic N) is 2. The molecule has 0 aliphatic carbocycles. The molecule has 1 fully saturated rings. The predicted octanol–water partition coefficient (Wildman–Crippen LogP) is 4.27. The van der Waals surface area contributed by atoms with Crippen molar-refractivity contribution in [1.82, 2.24) is 9.88 Å². The smallest absolute Gasteiger partial charge is 0.410 e. The van der Waals surface area contributed by atoms with E-state index in [1.54, 1.807) is 48.5 Å². The molecule has 0 saturated carbocycles. The number of aromatic nitrogens is 1. The van der Waals surface area contributed by atoms with Crippen molar-refractivity contribution in [2.45, 2.75) is 32.8 Å². The minimum absolute atomic E-state index is 0.294. The number of amides is 1. The minimum Gasteiger partial charge on any atom is -0.497 e. The highest BCUT2D eigenvalue weighted by Crippen LogP contribution is 2.36. The van der Waals surface area contributed by atoms with Gasteiger partial charge < -0.3 is 19.1 Å². The number of carbonyl (C=O) groups is 3. The zero-order valence-corrected chi connectivity index (χ0v) is 20.4. The molecule has 1 aliphatic rings. The van der Waals surface area contributed by atoms with Crippen LogP contribution in [0.5, 0.6) is 5.75 Å². The maximum atomic E-state index is 13.8. The SMILES string of the molecule is C=C[C@H]1CN(C(=O)OC(C)(C)C)CC[C@H]1C(C(=O)OC)C(=O)c1ccnc2ccc(OC)cc12. The lowest BCUT2D eigenvalue weighted by molar-refractivity contribution is -0.146. The third-order valence-electron chi connectivity index (χ3n) is 6.05. The van der Waals surface area contributed by atoms with Crippen LogP contribution in [0.15, 0.2) is 43.1 Å². The number of ketones is 1. The van der Waals surface area contributed by atoms with Gasteiger partial charge in [-0.05, 0) is 63.3 Å². The molecule has 1 aromatic heterocycles. The van der Waals surface area contributed by atoms with Gasteiger partial charge in [0, 0.05) is 30.2 Å². The van der Waals surface area contributed by atoms with Crippen molar-refractivity contribution in [3.05, 3.63) is 48.7 Å². The van der Waals surface area contributed by atoms with Crippen molar-refractivity contribution in [3.63, 3.8) is 0 Å². The molecule has 1 aliphatic heterocycles. The summed E-state index contributed by atoms with van der Waals surface area (Å²) in [5.41, 5.74) is 0.373. The highest BCUT2D eigenvalue weighted by Gasteiger charge is 2.43. The number of Topliss-reactive ketones (excluding diaryl/α,β-unsaturated/α-hetero) is 1. The molecule has 0 N–H and O–H groups in total. The highest BCUT2D eigenvalue weighted by molar-refractivity contribution is 6.15. The van der Waals surface area contributed by atoms with Gasteiger partial charge in [-0.15, -0.1) is 6.58 Å². The summed E-state index contributed by atoms with van der Waals surface area (Å²) in [4.78, 5) is 45.3. The van der Waals surface area contributed by atoms with Crippen LogP contribution < -0.4 is 4.74 Å². The molecule has 8 heteroatoms. The summed E-state index contributed by atoms with van der Waals surface area (Å²) in [6, 6.07) is 6.88. The van der Waals surface area contributed by atoms with Crippen molar-refractivity contribution in [2.75, 3.05) is 27.3 Å². The third kappa shape index (κ3) is 5.38. The number of hydrogen-bond acceptors (Lipinski definition) is 7. The van der Waals surface area contributed by atoms with Crippen LogP contribution in [0.1, 0.15) is 37.6 Å². The first-order valence-electron chi connectivity index (χ1n) is 11.2. The fraction of sp³-hybridized carbons (Fsp3) is 0.462. The quantitative estimate of drug-likeness (QED) is 0.270. The van der Waals surface area contributed by atoms with E-state index in [0.717, 1.165) is 0 Å². The molecule has 1 saturated heterocycles. The fourth-order valence-corrected chi connectivity index (χ4v) is 4.39. The van der Waals surface area contributed by atoms with Gasteiger partial charge in [-0.25, -0.2) is 4.79 Å². The molecule has 2 heterocycles. The van der Waals surface area contributed by atoms with E-state index < -0.39 is 23.6 Å². The molecule has 2 aromatic rings. The molecule has 182 valence electrons. The lowest BCUT2D eigenvalue weighted by atomic mass is 9.73. The zero-order chi connectivity index (χ0) is 25.0. The Morgan fingerprint density at radius 2 is 1.94 bits per heavy atom. The first-order valence-corrected chi connectivity index (χ1v) is 11.2. The van der Waals surface area contributed by atoms with Crippen molar-refractivity contribution in [3.8, 4) is 5.75 Å². The average Bonchev–Trinajstić information content (AvgIpc) is 2.82. The summed E-state index contributed by atoms with van der Waals surface area (Å²) in [5.74, 6) is -2.11. The number of methoxy groups -OCH3 is 2. The molecule has 1 aromatic carbocycles. The number of fused-ring (bicyclic) bond motifs is 1. The fourth-order valence-electron chi connectivity index (χ4n) is 4.39. The Morgan fingerprint density at radius 1 is 1.21 bits per heavy atom. The molecular formula is C26H32N2O6. The summed E-state index contributed by atoms with van der Waals surface area (Å²) in [5, 5.41) is 0.599. The minimum atomic E-state index is -1.05. The van der Waals surface area contributed by atoms with Crippen molar-refractivity contribution < 1.29 is 28.6 Å². The van der Waals surface area contributed by atoms with E-state index in [2.05, 4.69) is 11.6 Å². The Labute approximate surface area is 199 Å². The molecule has 0 radical (unpaired) electrons. The molecule has 3 atom stereocenters. The number of ether oxygens (including phenoxy) is 3. The lowest BCUT2D eigenvalue weighted by Gasteiger charge is -2.40. The number of likely N-dealkylation sites (tertiary alicyclic amines) is 1. The van der Waals surface area contributed by atoms with Crippen molar-refractivity contribution >= 4 is 28.7 Å². The number of carbonyl (C=O) groups excluding carboxylic acids is 3. The van der Waals surface area contributed by atoms with Gasteiger partial charge in [0.1, 0.15) is 17.3 Å². The molecule has 1 unspecified atom stereocenters. The monoisotopic (exact) mass is 468 g/mol. The third-order valence-corrected chi connectivity index (χ3v) is 6.05. The first-order chi connectivity index (χ1) is 16.1. The van der Waals surface area contributed by atoms with E-state index in [4.69, 9.17) is 14.2 Å². The van der Waals surface area contributed by atoms with Crippen molar-refractivity contribution in [1.29, 1.82) is 0 Å². The van der Waals surface area contributed by atoms with Crippen LogP contribution in [-0.2, 0) is 14.3 Å². The van der Waals surface area contributed by atoms with Gasteiger partial charge in [0.05, 0.1) is 19.7 Å². The van der Waals surface area contributed by atoms with E-state index in [1.165, 1.54) is 7.11 Å². The zero-order valence-electron chi connectivity index (χ0n) is 20.4. The summed E-state index contributed by atoms with van der Waals surface area (Å²) in [7, 11) is 2.82. The van der Waals surface area contributed by atoms with Gasteiger partial charge in [0.2, 0.25) is 0 Å². The molecule has 0 bridgehead atoms. The molecule has 8 nitrogen and oxygen atoms in total. The van der Waals surface area contributed by atoms with Crippen LogP contribution in [0.4, 0.5) is 4.79 Å². The van der Waals surface area contributed by atoms with Crippen LogP contribution >= 0.6 is 0 Å². The molecule has 1 amide bonds. The van der Waals surface area contributed by atoms with Gasteiger partial charge in [-0.2, -0.15) is 0 Å². The van der Waals surface area contributed by atoms with Gasteiger partial charge in [-0.1, -0.05) is 6.08 Å².